The predicted molar refractivity (Wildman–Crippen MR) is 71.2 cm³/mol. The summed E-state index contributed by atoms with van der Waals surface area (Å²) in [5.41, 5.74) is 4.41. The monoisotopic (exact) mass is 253 g/mol. The molecule has 0 saturated heterocycles. The van der Waals surface area contributed by atoms with E-state index in [1.807, 2.05) is 29.4 Å². The average Bonchev–Trinajstić information content (AvgIpc) is 3.03. The second kappa shape index (κ2) is 3.70. The standard InChI is InChI=1S/C15H15N3O/c1-10-14-13(18(10)9-16-14)8-17-7-6-11-4-2-3-5-12(11)15(17)19/h2-5,9,13H,6-8H2,1H3. The number of rotatable bonds is 2. The van der Waals surface area contributed by atoms with E-state index in [2.05, 4.69) is 22.5 Å². The Balaban J connectivity index is 1.56. The molecular weight excluding hydrogens is 238 g/mol. The molecule has 2 bridgehead atoms. The number of imidazole rings is 1. The summed E-state index contributed by atoms with van der Waals surface area (Å²) in [5, 5.41) is 0. The number of fused-ring (bicyclic) bond motifs is 2. The van der Waals surface area contributed by atoms with Gasteiger partial charge in [0.1, 0.15) is 0 Å². The van der Waals surface area contributed by atoms with Crippen molar-refractivity contribution in [3.63, 3.8) is 0 Å². The third-order valence-corrected chi connectivity index (χ3v) is 4.31. The van der Waals surface area contributed by atoms with Crippen molar-refractivity contribution in [1.82, 2.24) is 14.5 Å². The molecule has 1 aromatic carbocycles. The molecule has 0 radical (unpaired) electrons. The summed E-state index contributed by atoms with van der Waals surface area (Å²) >= 11 is 0. The lowest BCUT2D eigenvalue weighted by atomic mass is 9.97. The van der Waals surface area contributed by atoms with Crippen molar-refractivity contribution in [2.24, 2.45) is 0 Å². The zero-order valence-electron chi connectivity index (χ0n) is 10.8. The van der Waals surface area contributed by atoms with E-state index in [0.717, 1.165) is 30.8 Å². The van der Waals surface area contributed by atoms with Gasteiger partial charge in [0.15, 0.2) is 0 Å². The molecule has 4 nitrogen and oxygen atoms in total. The maximum atomic E-state index is 12.5. The van der Waals surface area contributed by atoms with Crippen LogP contribution in [0.15, 0.2) is 30.6 Å². The van der Waals surface area contributed by atoms with Crippen LogP contribution in [0.25, 0.3) is 0 Å². The van der Waals surface area contributed by atoms with Gasteiger partial charge in [0.05, 0.1) is 18.1 Å². The highest BCUT2D eigenvalue weighted by Gasteiger charge is 2.35. The van der Waals surface area contributed by atoms with Crippen LogP contribution in [-0.4, -0.2) is 33.4 Å². The van der Waals surface area contributed by atoms with Crippen molar-refractivity contribution in [3.05, 3.63) is 53.1 Å². The quantitative estimate of drug-likeness (QED) is 0.818. The van der Waals surface area contributed by atoms with Crippen molar-refractivity contribution >= 4 is 5.91 Å². The van der Waals surface area contributed by atoms with Gasteiger partial charge in [-0.2, -0.15) is 0 Å². The lowest BCUT2D eigenvalue weighted by Gasteiger charge is -2.34. The highest BCUT2D eigenvalue weighted by Crippen LogP contribution is 2.33. The summed E-state index contributed by atoms with van der Waals surface area (Å²) in [4.78, 5) is 18.8. The minimum atomic E-state index is 0.160. The molecule has 1 unspecified atom stereocenters. The molecule has 1 aromatic heterocycles. The van der Waals surface area contributed by atoms with E-state index in [9.17, 15) is 4.79 Å². The maximum Gasteiger partial charge on any atom is 0.254 e. The average molecular weight is 253 g/mol. The van der Waals surface area contributed by atoms with Gasteiger partial charge in [-0.25, -0.2) is 4.98 Å². The van der Waals surface area contributed by atoms with Gasteiger partial charge >= 0.3 is 0 Å². The topological polar surface area (TPSA) is 38.1 Å². The Morgan fingerprint density at radius 1 is 1.37 bits per heavy atom. The maximum absolute atomic E-state index is 12.5. The molecule has 1 atom stereocenters. The van der Waals surface area contributed by atoms with Crippen molar-refractivity contribution < 1.29 is 4.79 Å². The molecular formula is C15H15N3O. The molecule has 19 heavy (non-hydrogen) atoms. The summed E-state index contributed by atoms with van der Waals surface area (Å²) in [6.07, 6.45) is 2.82. The molecule has 2 aromatic rings. The second-order valence-electron chi connectivity index (χ2n) is 5.30. The Labute approximate surface area is 111 Å². The Morgan fingerprint density at radius 2 is 2.21 bits per heavy atom. The summed E-state index contributed by atoms with van der Waals surface area (Å²) in [7, 11) is 0. The fourth-order valence-electron chi connectivity index (χ4n) is 3.18. The third kappa shape index (κ3) is 1.40. The molecule has 4 heteroatoms. The van der Waals surface area contributed by atoms with Crippen molar-refractivity contribution in [2.75, 3.05) is 13.1 Å². The number of hydrogen-bond acceptors (Lipinski definition) is 2. The van der Waals surface area contributed by atoms with Crippen LogP contribution < -0.4 is 0 Å². The number of hydrogen-bond donors (Lipinski definition) is 0. The number of amides is 1. The van der Waals surface area contributed by atoms with Crippen molar-refractivity contribution in [3.8, 4) is 0 Å². The lowest BCUT2D eigenvalue weighted by Crippen LogP contribution is -2.42. The molecule has 0 saturated carbocycles. The second-order valence-corrected chi connectivity index (χ2v) is 5.30. The van der Waals surface area contributed by atoms with Crippen LogP contribution in [0.3, 0.4) is 0 Å². The van der Waals surface area contributed by atoms with Crippen molar-refractivity contribution in [2.45, 2.75) is 19.4 Å². The van der Waals surface area contributed by atoms with Gasteiger partial charge in [-0.15, -0.1) is 0 Å². The van der Waals surface area contributed by atoms with E-state index >= 15 is 0 Å². The number of carbonyl (C=O) groups is 1. The van der Waals surface area contributed by atoms with Gasteiger partial charge in [-0.05, 0) is 25.0 Å². The zero-order chi connectivity index (χ0) is 13.0. The minimum Gasteiger partial charge on any atom is -0.336 e. The largest absolute Gasteiger partial charge is 0.336 e. The number of carbonyl (C=O) groups excluding carboxylic acids is 1. The van der Waals surface area contributed by atoms with Crippen molar-refractivity contribution in [1.29, 1.82) is 0 Å². The number of benzene rings is 1. The Morgan fingerprint density at radius 3 is 2.95 bits per heavy atom. The summed E-state index contributed by atoms with van der Waals surface area (Å²) in [5.74, 6) is 0.160. The first-order chi connectivity index (χ1) is 9.25. The Bertz CT molecular complexity index is 652. The van der Waals surface area contributed by atoms with Crippen LogP contribution in [0.5, 0.6) is 0 Å². The molecule has 96 valence electrons. The SMILES string of the molecule is Cc1c2ncn1C2CN1CCc2ccccc2C1=O. The molecule has 0 aliphatic carbocycles. The fraction of sp³-hybridized carbons (Fsp3) is 0.333. The first kappa shape index (κ1) is 10.8. The lowest BCUT2D eigenvalue weighted by molar-refractivity contribution is 0.0718. The first-order valence-electron chi connectivity index (χ1n) is 6.66. The van der Waals surface area contributed by atoms with Crippen LogP contribution in [0, 0.1) is 6.92 Å². The fourth-order valence-corrected chi connectivity index (χ4v) is 3.18. The van der Waals surface area contributed by atoms with Gasteiger partial charge in [0.2, 0.25) is 0 Å². The van der Waals surface area contributed by atoms with E-state index in [1.54, 1.807) is 0 Å². The highest BCUT2D eigenvalue weighted by atomic mass is 16.2. The third-order valence-electron chi connectivity index (χ3n) is 4.31. The smallest absolute Gasteiger partial charge is 0.254 e. The summed E-state index contributed by atoms with van der Waals surface area (Å²) in [6.45, 7) is 3.64. The van der Waals surface area contributed by atoms with E-state index in [1.165, 1.54) is 11.3 Å². The Hall–Kier alpha value is -2.10. The molecule has 3 aliphatic rings. The number of aromatic nitrogens is 2. The first-order valence-corrected chi connectivity index (χ1v) is 6.66. The van der Waals surface area contributed by atoms with Gasteiger partial charge < -0.3 is 9.47 Å². The van der Waals surface area contributed by atoms with Crippen LogP contribution in [-0.2, 0) is 6.42 Å². The van der Waals surface area contributed by atoms with Crippen LogP contribution in [0.4, 0.5) is 0 Å². The van der Waals surface area contributed by atoms with Crippen LogP contribution in [0.1, 0.15) is 33.4 Å². The number of aryl methyl sites for hydroxylation is 1. The Kier molecular flexibility index (Phi) is 2.10. The molecule has 0 N–H and O–H groups in total. The van der Waals surface area contributed by atoms with Gasteiger partial charge in [-0.3, -0.25) is 4.79 Å². The number of nitrogens with zero attached hydrogens (tertiary/aromatic N) is 3. The van der Waals surface area contributed by atoms with E-state index in [0.29, 0.717) is 0 Å². The van der Waals surface area contributed by atoms with E-state index < -0.39 is 0 Å². The van der Waals surface area contributed by atoms with Gasteiger partial charge in [0, 0.05) is 24.3 Å². The van der Waals surface area contributed by atoms with E-state index in [-0.39, 0.29) is 11.9 Å². The van der Waals surface area contributed by atoms with Crippen LogP contribution >= 0.6 is 0 Å². The summed E-state index contributed by atoms with van der Waals surface area (Å²) in [6, 6.07) is 8.21. The molecule has 4 heterocycles. The van der Waals surface area contributed by atoms with Gasteiger partial charge in [0.25, 0.3) is 5.91 Å². The van der Waals surface area contributed by atoms with Gasteiger partial charge in [-0.1, -0.05) is 18.2 Å². The highest BCUT2D eigenvalue weighted by molar-refractivity contribution is 5.96. The predicted octanol–water partition coefficient (Wildman–Crippen LogP) is 1.79. The molecule has 3 aliphatic heterocycles. The minimum absolute atomic E-state index is 0.160. The normalized spacial score (nSPS) is 20.2. The van der Waals surface area contributed by atoms with E-state index in [4.69, 9.17) is 0 Å². The zero-order valence-corrected chi connectivity index (χ0v) is 10.8. The van der Waals surface area contributed by atoms with Crippen LogP contribution in [0.2, 0.25) is 0 Å². The summed E-state index contributed by atoms with van der Waals surface area (Å²) < 4.78 is 2.16. The molecule has 5 rings (SSSR count). The molecule has 0 spiro atoms. The molecule has 1 amide bonds. The molecule has 0 fully saturated rings.